The molecule has 1 aromatic heterocycles. The van der Waals surface area contributed by atoms with Crippen LogP contribution in [0.4, 0.5) is 0 Å². The largest absolute Gasteiger partial charge is 0.356 e. The molecule has 2 amide bonds. The quantitative estimate of drug-likeness (QED) is 0.877. The summed E-state index contributed by atoms with van der Waals surface area (Å²) < 4.78 is 0. The van der Waals surface area contributed by atoms with E-state index in [1.54, 1.807) is 0 Å². The van der Waals surface area contributed by atoms with Gasteiger partial charge in [-0.3, -0.25) is 9.59 Å². The van der Waals surface area contributed by atoms with Crippen LogP contribution in [0.3, 0.4) is 0 Å². The summed E-state index contributed by atoms with van der Waals surface area (Å²) in [5.74, 6) is 0.556. The molecule has 3 rings (SSSR count). The maximum Gasteiger partial charge on any atom is 0.270 e. The average molecular weight is 341 g/mol. The molecule has 0 aliphatic carbocycles. The molecule has 1 fully saturated rings. The molecule has 1 aromatic carbocycles. The van der Waals surface area contributed by atoms with Crippen LogP contribution in [-0.4, -0.2) is 41.3 Å². The van der Waals surface area contributed by atoms with Gasteiger partial charge in [0.1, 0.15) is 5.69 Å². The lowest BCUT2D eigenvalue weighted by molar-refractivity contribution is -0.126. The fourth-order valence-electron chi connectivity index (χ4n) is 3.58. The van der Waals surface area contributed by atoms with Crippen LogP contribution >= 0.6 is 0 Å². The molecule has 25 heavy (non-hydrogen) atoms. The second kappa shape index (κ2) is 7.72. The third kappa shape index (κ3) is 3.86. The van der Waals surface area contributed by atoms with E-state index in [4.69, 9.17) is 0 Å². The van der Waals surface area contributed by atoms with Crippen LogP contribution in [0.1, 0.15) is 43.6 Å². The van der Waals surface area contributed by atoms with Crippen LogP contribution in [0.2, 0.25) is 0 Å². The minimum Gasteiger partial charge on any atom is -0.356 e. The molecule has 1 aliphatic heterocycles. The summed E-state index contributed by atoms with van der Waals surface area (Å²) in [6.07, 6.45) is 2.72. The van der Waals surface area contributed by atoms with Gasteiger partial charge in [-0.2, -0.15) is 0 Å². The Kier molecular flexibility index (Phi) is 5.41. The fourth-order valence-corrected chi connectivity index (χ4v) is 3.58. The molecule has 1 atom stereocenters. The Bertz CT molecular complexity index is 711. The number of piperidine rings is 1. The standard InChI is InChI=1S/C20H27N3O2/c1-3-10-21-19(24)14(2)15-8-11-23(12-9-15)20(25)18-13-16-6-4-5-7-17(16)22-18/h4-7,13-15,22H,3,8-12H2,1-2H3,(H,21,24)/t14-/m1/s1. The molecule has 2 aromatic rings. The molecule has 1 saturated heterocycles. The Balaban J connectivity index is 1.58. The van der Waals surface area contributed by atoms with Crippen LogP contribution < -0.4 is 5.32 Å². The first kappa shape index (κ1) is 17.5. The summed E-state index contributed by atoms with van der Waals surface area (Å²) >= 11 is 0. The van der Waals surface area contributed by atoms with Gasteiger partial charge >= 0.3 is 0 Å². The van der Waals surface area contributed by atoms with E-state index in [2.05, 4.69) is 17.2 Å². The molecule has 0 unspecified atom stereocenters. The fraction of sp³-hybridized carbons (Fsp3) is 0.500. The molecule has 5 heteroatoms. The van der Waals surface area contributed by atoms with Crippen molar-refractivity contribution in [1.29, 1.82) is 0 Å². The molecule has 5 nitrogen and oxygen atoms in total. The number of aromatic nitrogens is 1. The van der Waals surface area contributed by atoms with Crippen LogP contribution in [0.25, 0.3) is 10.9 Å². The van der Waals surface area contributed by atoms with Crippen LogP contribution in [-0.2, 0) is 4.79 Å². The number of nitrogens with one attached hydrogen (secondary N) is 2. The van der Waals surface area contributed by atoms with E-state index < -0.39 is 0 Å². The van der Waals surface area contributed by atoms with Gasteiger partial charge in [-0.25, -0.2) is 0 Å². The highest BCUT2D eigenvalue weighted by molar-refractivity contribution is 5.98. The SMILES string of the molecule is CCCNC(=O)[C@H](C)C1CCN(C(=O)c2cc3ccccc3[nH]2)CC1. The van der Waals surface area contributed by atoms with Gasteiger partial charge in [0.25, 0.3) is 5.91 Å². The van der Waals surface area contributed by atoms with Crippen LogP contribution in [0.5, 0.6) is 0 Å². The lowest BCUT2D eigenvalue weighted by atomic mass is 9.84. The van der Waals surface area contributed by atoms with Crippen molar-refractivity contribution in [2.75, 3.05) is 19.6 Å². The molecular formula is C20H27N3O2. The highest BCUT2D eigenvalue weighted by atomic mass is 16.2. The Labute approximate surface area is 148 Å². The molecule has 2 heterocycles. The first-order valence-electron chi connectivity index (χ1n) is 9.25. The van der Waals surface area contributed by atoms with Gasteiger partial charge in [0, 0.05) is 36.5 Å². The second-order valence-electron chi connectivity index (χ2n) is 6.98. The molecule has 0 saturated carbocycles. The zero-order chi connectivity index (χ0) is 17.8. The van der Waals surface area contributed by atoms with Gasteiger partial charge in [-0.15, -0.1) is 0 Å². The van der Waals surface area contributed by atoms with Crippen molar-refractivity contribution in [1.82, 2.24) is 15.2 Å². The van der Waals surface area contributed by atoms with Crippen molar-refractivity contribution < 1.29 is 9.59 Å². The molecule has 134 valence electrons. The monoisotopic (exact) mass is 341 g/mol. The maximum atomic E-state index is 12.7. The smallest absolute Gasteiger partial charge is 0.270 e. The number of rotatable bonds is 5. The van der Waals surface area contributed by atoms with E-state index >= 15 is 0 Å². The van der Waals surface area contributed by atoms with Gasteiger partial charge in [-0.1, -0.05) is 32.0 Å². The van der Waals surface area contributed by atoms with Crippen molar-refractivity contribution in [3.8, 4) is 0 Å². The molecule has 2 N–H and O–H groups in total. The number of amides is 2. The van der Waals surface area contributed by atoms with Crippen molar-refractivity contribution in [3.63, 3.8) is 0 Å². The number of fused-ring (bicyclic) bond motifs is 1. The predicted molar refractivity (Wildman–Crippen MR) is 99.4 cm³/mol. The summed E-state index contributed by atoms with van der Waals surface area (Å²) in [4.78, 5) is 30.0. The zero-order valence-electron chi connectivity index (χ0n) is 15.0. The number of carbonyl (C=O) groups excluding carboxylic acids is 2. The molecular weight excluding hydrogens is 314 g/mol. The number of benzene rings is 1. The lowest BCUT2D eigenvalue weighted by Crippen LogP contribution is -2.42. The number of para-hydroxylation sites is 1. The third-order valence-electron chi connectivity index (χ3n) is 5.26. The Hall–Kier alpha value is -2.30. The summed E-state index contributed by atoms with van der Waals surface area (Å²) in [5.41, 5.74) is 1.63. The van der Waals surface area contributed by atoms with Crippen LogP contribution in [0, 0.1) is 11.8 Å². The van der Waals surface area contributed by atoms with Crippen molar-refractivity contribution in [2.45, 2.75) is 33.1 Å². The molecule has 1 aliphatic rings. The summed E-state index contributed by atoms with van der Waals surface area (Å²) in [6, 6.07) is 9.84. The minimum absolute atomic E-state index is 0.0110. The first-order valence-corrected chi connectivity index (χ1v) is 9.25. The number of aromatic amines is 1. The van der Waals surface area contributed by atoms with E-state index in [0.717, 1.165) is 36.7 Å². The maximum absolute atomic E-state index is 12.7. The predicted octanol–water partition coefficient (Wildman–Crippen LogP) is 3.18. The Morgan fingerprint density at radius 1 is 1.28 bits per heavy atom. The number of hydrogen-bond donors (Lipinski definition) is 2. The molecule has 0 radical (unpaired) electrons. The summed E-state index contributed by atoms with van der Waals surface area (Å²) in [6.45, 7) is 6.22. The lowest BCUT2D eigenvalue weighted by Gasteiger charge is -2.34. The number of likely N-dealkylation sites (tertiary alicyclic amines) is 1. The number of H-pyrrole nitrogens is 1. The molecule has 0 bridgehead atoms. The topological polar surface area (TPSA) is 65.2 Å². The van der Waals surface area contributed by atoms with E-state index in [1.165, 1.54) is 0 Å². The first-order chi connectivity index (χ1) is 12.1. The minimum atomic E-state index is 0.0110. The summed E-state index contributed by atoms with van der Waals surface area (Å²) in [5, 5.41) is 4.04. The van der Waals surface area contributed by atoms with E-state index in [-0.39, 0.29) is 17.7 Å². The highest BCUT2D eigenvalue weighted by Crippen LogP contribution is 2.26. The van der Waals surface area contributed by atoms with Crippen molar-refractivity contribution in [2.24, 2.45) is 11.8 Å². The third-order valence-corrected chi connectivity index (χ3v) is 5.26. The van der Waals surface area contributed by atoms with Gasteiger partial charge in [-0.05, 0) is 37.3 Å². The second-order valence-corrected chi connectivity index (χ2v) is 6.98. The van der Waals surface area contributed by atoms with E-state index in [0.29, 0.717) is 24.7 Å². The number of hydrogen-bond acceptors (Lipinski definition) is 2. The van der Waals surface area contributed by atoms with Gasteiger partial charge in [0.2, 0.25) is 5.91 Å². The number of carbonyl (C=O) groups is 2. The Morgan fingerprint density at radius 3 is 2.68 bits per heavy atom. The number of nitrogens with zero attached hydrogens (tertiary/aromatic N) is 1. The van der Waals surface area contributed by atoms with Gasteiger partial charge in [0.15, 0.2) is 0 Å². The van der Waals surface area contributed by atoms with E-state index in [9.17, 15) is 9.59 Å². The van der Waals surface area contributed by atoms with Gasteiger partial charge < -0.3 is 15.2 Å². The zero-order valence-corrected chi connectivity index (χ0v) is 15.0. The van der Waals surface area contributed by atoms with E-state index in [1.807, 2.05) is 42.2 Å². The molecule has 0 spiro atoms. The van der Waals surface area contributed by atoms with Gasteiger partial charge in [0.05, 0.1) is 0 Å². The summed E-state index contributed by atoms with van der Waals surface area (Å²) in [7, 11) is 0. The normalized spacial score (nSPS) is 16.8. The van der Waals surface area contributed by atoms with Crippen molar-refractivity contribution in [3.05, 3.63) is 36.0 Å². The highest BCUT2D eigenvalue weighted by Gasteiger charge is 2.30. The van der Waals surface area contributed by atoms with Crippen molar-refractivity contribution >= 4 is 22.7 Å². The van der Waals surface area contributed by atoms with Crippen LogP contribution in [0.15, 0.2) is 30.3 Å². The Morgan fingerprint density at radius 2 is 2.00 bits per heavy atom. The average Bonchev–Trinajstić information content (AvgIpc) is 3.09.